The number of unbranched alkanes of at least 4 members (excludes halogenated alkanes) is 3. The van der Waals surface area contributed by atoms with Gasteiger partial charge in [-0.15, -0.1) is 0 Å². The molecule has 19 heavy (non-hydrogen) atoms. The van der Waals surface area contributed by atoms with Crippen LogP contribution in [0.2, 0.25) is 0 Å². The van der Waals surface area contributed by atoms with Gasteiger partial charge < -0.3 is 0 Å². The number of hydrogen-bond acceptors (Lipinski definition) is 2. The highest BCUT2D eigenvalue weighted by Gasteiger charge is 2.29. The van der Waals surface area contributed by atoms with Gasteiger partial charge in [0.1, 0.15) is 0 Å². The fraction of sp³-hybridized carbons (Fsp3) is 0.647. The summed E-state index contributed by atoms with van der Waals surface area (Å²) in [7, 11) is 0. The number of aryl methyl sites for hydroxylation is 1. The molecule has 1 aliphatic rings. The van der Waals surface area contributed by atoms with Crippen LogP contribution in [0, 0.1) is 5.92 Å². The van der Waals surface area contributed by atoms with Crippen molar-refractivity contribution in [1.29, 1.82) is 0 Å². The van der Waals surface area contributed by atoms with Crippen molar-refractivity contribution in [2.45, 2.75) is 65.2 Å². The third-order valence-corrected chi connectivity index (χ3v) is 4.16. The largest absolute Gasteiger partial charge is 0.294 e. The Morgan fingerprint density at radius 1 is 1.16 bits per heavy atom. The molecule has 0 saturated heterocycles. The monoisotopic (exact) mass is 259 g/mol. The van der Waals surface area contributed by atoms with E-state index in [0.29, 0.717) is 5.92 Å². The molecule has 2 unspecified atom stereocenters. The summed E-state index contributed by atoms with van der Waals surface area (Å²) in [4.78, 5) is 16.9. The topological polar surface area (TPSA) is 30.0 Å². The van der Waals surface area contributed by atoms with Gasteiger partial charge in [0.25, 0.3) is 0 Å². The van der Waals surface area contributed by atoms with E-state index in [-0.39, 0.29) is 11.7 Å². The van der Waals surface area contributed by atoms with E-state index in [1.165, 1.54) is 25.7 Å². The summed E-state index contributed by atoms with van der Waals surface area (Å²) in [6, 6.07) is 4.05. The summed E-state index contributed by atoms with van der Waals surface area (Å²) < 4.78 is 0. The molecule has 0 amide bonds. The Morgan fingerprint density at radius 2 is 1.95 bits per heavy atom. The maximum atomic E-state index is 12.1. The number of rotatable bonds is 5. The Bertz CT molecular complexity index is 453. The fourth-order valence-electron chi connectivity index (χ4n) is 2.99. The van der Waals surface area contributed by atoms with Crippen molar-refractivity contribution >= 4 is 5.78 Å². The molecule has 0 fully saturated rings. The van der Waals surface area contributed by atoms with Crippen LogP contribution >= 0.6 is 0 Å². The van der Waals surface area contributed by atoms with E-state index in [1.807, 2.05) is 19.1 Å². The minimum atomic E-state index is 0.153. The zero-order valence-electron chi connectivity index (χ0n) is 12.4. The Hall–Kier alpha value is -1.18. The van der Waals surface area contributed by atoms with Crippen LogP contribution < -0.4 is 0 Å². The van der Waals surface area contributed by atoms with E-state index >= 15 is 0 Å². The molecule has 0 aliphatic heterocycles. The van der Waals surface area contributed by atoms with Gasteiger partial charge in [0, 0.05) is 17.2 Å². The Morgan fingerprint density at radius 3 is 2.68 bits per heavy atom. The van der Waals surface area contributed by atoms with E-state index < -0.39 is 0 Å². The Balaban J connectivity index is 2.10. The number of hydrogen-bond donors (Lipinski definition) is 0. The second-order valence-electron chi connectivity index (χ2n) is 5.95. The normalized spacial score (nSPS) is 22.4. The second-order valence-corrected chi connectivity index (χ2v) is 5.95. The molecule has 0 N–H and O–H groups in total. The number of pyridine rings is 1. The average molecular weight is 259 g/mol. The molecule has 1 aliphatic carbocycles. The van der Waals surface area contributed by atoms with Crippen LogP contribution in [0.3, 0.4) is 0 Å². The standard InChI is InChI=1S/C17H25NO/c1-4-5-6-7-8-14-9-10-15-16(18-14)12(2)11-13(3)17(15)19/h9-10,12-13H,4-8,11H2,1-3H3. The molecule has 0 aromatic carbocycles. The van der Waals surface area contributed by atoms with Crippen LogP contribution in [0.4, 0.5) is 0 Å². The minimum absolute atomic E-state index is 0.153. The first kappa shape index (κ1) is 14.2. The molecule has 2 rings (SSSR count). The van der Waals surface area contributed by atoms with Crippen LogP contribution in [-0.4, -0.2) is 10.8 Å². The lowest BCUT2D eigenvalue weighted by Crippen LogP contribution is -2.24. The molecule has 0 spiro atoms. The van der Waals surface area contributed by atoms with Gasteiger partial charge >= 0.3 is 0 Å². The van der Waals surface area contributed by atoms with Crippen molar-refractivity contribution in [2.24, 2.45) is 5.92 Å². The Labute approximate surface area is 116 Å². The van der Waals surface area contributed by atoms with Crippen LogP contribution in [-0.2, 0) is 6.42 Å². The first-order chi connectivity index (χ1) is 9.13. The molecule has 104 valence electrons. The summed E-state index contributed by atoms with van der Waals surface area (Å²) in [6.45, 7) is 6.45. The summed E-state index contributed by atoms with van der Waals surface area (Å²) in [6.07, 6.45) is 7.04. The van der Waals surface area contributed by atoms with Crippen LogP contribution in [0.1, 0.15) is 80.5 Å². The zero-order chi connectivity index (χ0) is 13.8. The third-order valence-electron chi connectivity index (χ3n) is 4.16. The van der Waals surface area contributed by atoms with E-state index in [4.69, 9.17) is 4.98 Å². The number of aromatic nitrogens is 1. The Kier molecular flexibility index (Phi) is 4.73. The van der Waals surface area contributed by atoms with Crippen molar-refractivity contribution in [1.82, 2.24) is 4.98 Å². The fourth-order valence-corrected chi connectivity index (χ4v) is 2.99. The predicted molar refractivity (Wildman–Crippen MR) is 78.6 cm³/mol. The smallest absolute Gasteiger partial charge is 0.167 e. The SMILES string of the molecule is CCCCCCc1ccc2c(n1)C(C)CC(C)C2=O. The van der Waals surface area contributed by atoms with Gasteiger partial charge in [0.2, 0.25) is 0 Å². The van der Waals surface area contributed by atoms with Gasteiger partial charge in [-0.25, -0.2) is 0 Å². The van der Waals surface area contributed by atoms with E-state index in [9.17, 15) is 4.79 Å². The number of fused-ring (bicyclic) bond motifs is 1. The van der Waals surface area contributed by atoms with Gasteiger partial charge in [0.15, 0.2) is 5.78 Å². The molecule has 2 heteroatoms. The average Bonchev–Trinajstić information content (AvgIpc) is 2.41. The second kappa shape index (κ2) is 6.31. The summed E-state index contributed by atoms with van der Waals surface area (Å²) in [5.74, 6) is 0.844. The van der Waals surface area contributed by atoms with Crippen molar-refractivity contribution in [2.75, 3.05) is 0 Å². The maximum absolute atomic E-state index is 12.1. The first-order valence-electron chi connectivity index (χ1n) is 7.67. The molecule has 0 bridgehead atoms. The molecule has 0 saturated carbocycles. The van der Waals surface area contributed by atoms with E-state index in [2.05, 4.69) is 13.8 Å². The number of Topliss-reactive ketones (excluding diaryl/α,β-unsaturated/α-hetero) is 1. The minimum Gasteiger partial charge on any atom is -0.294 e. The highest BCUT2D eigenvalue weighted by Crippen LogP contribution is 2.33. The van der Waals surface area contributed by atoms with Crippen LogP contribution in [0.5, 0.6) is 0 Å². The lowest BCUT2D eigenvalue weighted by Gasteiger charge is -2.25. The number of carbonyl (C=O) groups excluding carboxylic acids is 1. The number of carbonyl (C=O) groups is 1. The van der Waals surface area contributed by atoms with E-state index in [1.54, 1.807) is 0 Å². The molecular weight excluding hydrogens is 234 g/mol. The highest BCUT2D eigenvalue weighted by molar-refractivity contribution is 5.99. The number of nitrogens with zero attached hydrogens (tertiary/aromatic N) is 1. The summed E-state index contributed by atoms with van der Waals surface area (Å²) in [5, 5.41) is 0. The van der Waals surface area contributed by atoms with E-state index in [0.717, 1.165) is 29.8 Å². The van der Waals surface area contributed by atoms with Crippen molar-refractivity contribution < 1.29 is 4.79 Å². The van der Waals surface area contributed by atoms with Crippen molar-refractivity contribution in [3.63, 3.8) is 0 Å². The molecule has 0 radical (unpaired) electrons. The quantitative estimate of drug-likeness (QED) is 0.727. The highest BCUT2D eigenvalue weighted by atomic mass is 16.1. The molecule has 1 heterocycles. The van der Waals surface area contributed by atoms with Gasteiger partial charge in [-0.1, -0.05) is 40.0 Å². The molecular formula is C17H25NO. The van der Waals surface area contributed by atoms with Gasteiger partial charge in [-0.2, -0.15) is 0 Å². The van der Waals surface area contributed by atoms with Gasteiger partial charge in [-0.05, 0) is 37.3 Å². The molecule has 2 atom stereocenters. The summed E-state index contributed by atoms with van der Waals surface area (Å²) in [5.41, 5.74) is 3.06. The number of ketones is 1. The van der Waals surface area contributed by atoms with Crippen LogP contribution in [0.15, 0.2) is 12.1 Å². The summed E-state index contributed by atoms with van der Waals surface area (Å²) >= 11 is 0. The third kappa shape index (κ3) is 3.23. The van der Waals surface area contributed by atoms with Crippen molar-refractivity contribution in [3.05, 3.63) is 29.1 Å². The first-order valence-corrected chi connectivity index (χ1v) is 7.67. The lowest BCUT2D eigenvalue weighted by molar-refractivity contribution is 0.0904. The molecule has 1 aromatic heterocycles. The van der Waals surface area contributed by atoms with Gasteiger partial charge in [-0.3, -0.25) is 9.78 Å². The molecule has 1 aromatic rings. The van der Waals surface area contributed by atoms with Crippen molar-refractivity contribution in [3.8, 4) is 0 Å². The maximum Gasteiger partial charge on any atom is 0.167 e. The predicted octanol–water partition coefficient (Wildman–Crippen LogP) is 4.53. The van der Waals surface area contributed by atoms with Crippen LogP contribution in [0.25, 0.3) is 0 Å². The molecule has 2 nitrogen and oxygen atoms in total. The zero-order valence-corrected chi connectivity index (χ0v) is 12.4. The lowest BCUT2D eigenvalue weighted by atomic mass is 9.80. The van der Waals surface area contributed by atoms with Gasteiger partial charge in [0.05, 0.1) is 5.69 Å².